The van der Waals surface area contributed by atoms with Crippen molar-refractivity contribution in [2.45, 2.75) is 36.2 Å². The summed E-state index contributed by atoms with van der Waals surface area (Å²) in [5, 5.41) is 22.9. The number of rotatable bonds is 5. The number of nitrogens with zero attached hydrogens (tertiary/aromatic N) is 6. The van der Waals surface area contributed by atoms with Crippen LogP contribution in [0.25, 0.3) is 10.8 Å². The molecular weight excluding hydrogens is 308 g/mol. The Kier molecular flexibility index (Phi) is 3.23. The molecule has 1 atom stereocenters. The molecule has 0 amide bonds. The van der Waals surface area contributed by atoms with Crippen molar-refractivity contribution in [2.24, 2.45) is 0 Å². The van der Waals surface area contributed by atoms with Gasteiger partial charge in [0.05, 0.1) is 16.2 Å². The highest BCUT2D eigenvalue weighted by Gasteiger charge is 2.29. The minimum atomic E-state index is 0.00899. The molecule has 1 aliphatic rings. The summed E-state index contributed by atoms with van der Waals surface area (Å²) >= 11 is 3.12. The molecule has 4 rings (SSSR count). The molecule has 1 aliphatic carbocycles. The van der Waals surface area contributed by atoms with Crippen molar-refractivity contribution < 1.29 is 4.42 Å². The molecule has 3 aromatic heterocycles. The number of hydrogen-bond donors (Lipinski definition) is 0. The van der Waals surface area contributed by atoms with Crippen molar-refractivity contribution in [3.05, 3.63) is 23.4 Å². The van der Waals surface area contributed by atoms with E-state index in [-0.39, 0.29) is 5.25 Å². The van der Waals surface area contributed by atoms with Gasteiger partial charge in [0.15, 0.2) is 0 Å². The molecule has 0 saturated heterocycles. The molecule has 0 aliphatic heterocycles. The highest BCUT2D eigenvalue weighted by molar-refractivity contribution is 7.99. The van der Waals surface area contributed by atoms with E-state index in [0.717, 1.165) is 22.9 Å². The number of thiophene rings is 1. The minimum Gasteiger partial charge on any atom is -0.419 e. The quantitative estimate of drug-likeness (QED) is 0.668. The van der Waals surface area contributed by atoms with Crippen molar-refractivity contribution in [3.8, 4) is 10.8 Å². The first-order chi connectivity index (χ1) is 10.3. The van der Waals surface area contributed by atoms with E-state index in [9.17, 15) is 0 Å². The molecule has 1 saturated carbocycles. The van der Waals surface area contributed by atoms with Gasteiger partial charge in [-0.3, -0.25) is 0 Å². The molecule has 0 aromatic carbocycles. The highest BCUT2D eigenvalue weighted by Crippen LogP contribution is 2.40. The van der Waals surface area contributed by atoms with Crippen LogP contribution in [0.5, 0.6) is 0 Å². The average Bonchev–Trinajstić information content (AvgIpc) is 2.94. The van der Waals surface area contributed by atoms with E-state index in [1.54, 1.807) is 23.1 Å². The first kappa shape index (κ1) is 13.0. The predicted molar refractivity (Wildman–Crippen MR) is 78.0 cm³/mol. The van der Waals surface area contributed by atoms with Crippen LogP contribution < -0.4 is 0 Å². The number of tetrazole rings is 1. The first-order valence-corrected chi connectivity index (χ1v) is 8.39. The lowest BCUT2D eigenvalue weighted by atomic mass is 10.5. The van der Waals surface area contributed by atoms with Crippen molar-refractivity contribution >= 4 is 23.1 Å². The highest BCUT2D eigenvalue weighted by atomic mass is 32.2. The van der Waals surface area contributed by atoms with Gasteiger partial charge in [-0.05, 0) is 41.6 Å². The Morgan fingerprint density at radius 2 is 2.29 bits per heavy atom. The summed E-state index contributed by atoms with van der Waals surface area (Å²) in [6.07, 6.45) is 2.30. The van der Waals surface area contributed by atoms with Gasteiger partial charge >= 0.3 is 0 Å². The Morgan fingerprint density at radius 3 is 3.05 bits per heavy atom. The zero-order valence-corrected chi connectivity index (χ0v) is 12.8. The van der Waals surface area contributed by atoms with E-state index < -0.39 is 0 Å². The summed E-state index contributed by atoms with van der Waals surface area (Å²) in [7, 11) is 0. The maximum atomic E-state index is 5.74. The predicted octanol–water partition coefficient (Wildman–Crippen LogP) is 2.97. The van der Waals surface area contributed by atoms with Gasteiger partial charge in [0.1, 0.15) is 0 Å². The Balaban J connectivity index is 1.52. The SMILES string of the molecule is C[C@@H](Sc1nnnn1C1CC1)c1nnc(-c2cccs2)o1. The maximum absolute atomic E-state index is 5.74. The molecule has 9 heteroatoms. The van der Waals surface area contributed by atoms with E-state index in [1.165, 1.54) is 0 Å². The van der Waals surface area contributed by atoms with Crippen LogP contribution in [0.2, 0.25) is 0 Å². The van der Waals surface area contributed by atoms with Gasteiger partial charge in [-0.1, -0.05) is 17.8 Å². The van der Waals surface area contributed by atoms with Gasteiger partial charge in [0, 0.05) is 0 Å². The molecule has 0 bridgehead atoms. The second-order valence-corrected chi connectivity index (χ2v) is 7.08. The Bertz CT molecular complexity index is 733. The Morgan fingerprint density at radius 1 is 1.38 bits per heavy atom. The van der Waals surface area contributed by atoms with Crippen molar-refractivity contribution in [1.29, 1.82) is 0 Å². The first-order valence-electron chi connectivity index (χ1n) is 6.63. The molecule has 1 fully saturated rings. The lowest BCUT2D eigenvalue weighted by molar-refractivity contribution is 0.508. The Hall–Kier alpha value is -1.74. The van der Waals surface area contributed by atoms with E-state index >= 15 is 0 Å². The fraction of sp³-hybridized carbons (Fsp3) is 0.417. The minimum absolute atomic E-state index is 0.00899. The smallest absolute Gasteiger partial charge is 0.257 e. The summed E-state index contributed by atoms with van der Waals surface area (Å²) in [6.45, 7) is 2.02. The lowest BCUT2D eigenvalue weighted by Crippen LogP contribution is -2.00. The van der Waals surface area contributed by atoms with E-state index in [0.29, 0.717) is 17.8 Å². The molecular formula is C12H12N6OS2. The third-order valence-electron chi connectivity index (χ3n) is 3.16. The van der Waals surface area contributed by atoms with Crippen LogP contribution in [0.3, 0.4) is 0 Å². The van der Waals surface area contributed by atoms with Crippen LogP contribution in [-0.2, 0) is 0 Å². The normalized spacial score (nSPS) is 16.2. The van der Waals surface area contributed by atoms with Crippen molar-refractivity contribution in [2.75, 3.05) is 0 Å². The summed E-state index contributed by atoms with van der Waals surface area (Å²) in [4.78, 5) is 0.980. The van der Waals surface area contributed by atoms with Gasteiger partial charge in [0.25, 0.3) is 5.89 Å². The largest absolute Gasteiger partial charge is 0.419 e. The summed E-state index contributed by atoms with van der Waals surface area (Å²) in [5.41, 5.74) is 0. The number of aromatic nitrogens is 6. The molecule has 0 radical (unpaired) electrons. The average molecular weight is 320 g/mol. The second-order valence-electron chi connectivity index (χ2n) is 4.82. The third-order valence-corrected chi connectivity index (χ3v) is 5.05. The fourth-order valence-electron chi connectivity index (χ4n) is 1.92. The maximum Gasteiger partial charge on any atom is 0.257 e. The molecule has 108 valence electrons. The standard InChI is InChI=1S/C12H12N6OS2/c1-7(21-12-15-16-17-18(12)8-4-5-8)10-13-14-11(19-10)9-3-2-6-20-9/h2-3,6-8H,4-5H2,1H3/t7-/m1/s1. The molecule has 21 heavy (non-hydrogen) atoms. The molecule has 3 aromatic rings. The second kappa shape index (κ2) is 5.23. The molecule has 7 nitrogen and oxygen atoms in total. The molecule has 0 N–H and O–H groups in total. The topological polar surface area (TPSA) is 82.5 Å². The lowest BCUT2D eigenvalue weighted by Gasteiger charge is -2.05. The third kappa shape index (κ3) is 2.58. The van der Waals surface area contributed by atoms with Gasteiger partial charge in [-0.25, -0.2) is 4.68 Å². The van der Waals surface area contributed by atoms with Crippen molar-refractivity contribution in [3.63, 3.8) is 0 Å². The van der Waals surface area contributed by atoms with E-state index in [4.69, 9.17) is 4.42 Å². The van der Waals surface area contributed by atoms with Gasteiger partial charge in [0.2, 0.25) is 11.0 Å². The molecule has 3 heterocycles. The summed E-state index contributed by atoms with van der Waals surface area (Å²) in [6, 6.07) is 4.39. The zero-order chi connectivity index (χ0) is 14.2. The fourth-order valence-corrected chi connectivity index (χ4v) is 3.45. The van der Waals surface area contributed by atoms with Crippen molar-refractivity contribution in [1.82, 2.24) is 30.4 Å². The zero-order valence-electron chi connectivity index (χ0n) is 11.2. The van der Waals surface area contributed by atoms with Gasteiger partial charge < -0.3 is 4.42 Å². The van der Waals surface area contributed by atoms with Crippen LogP contribution >= 0.6 is 23.1 Å². The monoisotopic (exact) mass is 320 g/mol. The van der Waals surface area contributed by atoms with Crippen LogP contribution in [0.15, 0.2) is 27.1 Å². The van der Waals surface area contributed by atoms with Crippen LogP contribution in [0.1, 0.15) is 36.9 Å². The van der Waals surface area contributed by atoms with Gasteiger partial charge in [-0.2, -0.15) is 0 Å². The summed E-state index contributed by atoms with van der Waals surface area (Å²) < 4.78 is 7.63. The van der Waals surface area contributed by atoms with Crippen LogP contribution in [0, 0.1) is 0 Å². The van der Waals surface area contributed by atoms with Gasteiger partial charge in [-0.15, -0.1) is 26.6 Å². The molecule has 0 unspecified atom stereocenters. The van der Waals surface area contributed by atoms with Crippen LogP contribution in [-0.4, -0.2) is 30.4 Å². The van der Waals surface area contributed by atoms with E-state index in [2.05, 4.69) is 25.7 Å². The van der Waals surface area contributed by atoms with E-state index in [1.807, 2.05) is 29.1 Å². The number of hydrogen-bond acceptors (Lipinski definition) is 8. The van der Waals surface area contributed by atoms with Crippen LogP contribution in [0.4, 0.5) is 0 Å². The Labute approximate surface area is 128 Å². The molecule has 0 spiro atoms. The summed E-state index contributed by atoms with van der Waals surface area (Å²) in [5.74, 6) is 1.16. The number of thioether (sulfide) groups is 1.